The Balaban J connectivity index is 2.74. The van der Waals surface area contributed by atoms with Crippen LogP contribution in [0, 0.1) is 0 Å². The summed E-state index contributed by atoms with van der Waals surface area (Å²) in [5.41, 5.74) is 1.45. The predicted molar refractivity (Wildman–Crippen MR) is 74.6 cm³/mol. The van der Waals surface area contributed by atoms with Crippen molar-refractivity contribution in [3.63, 3.8) is 0 Å². The van der Waals surface area contributed by atoms with Gasteiger partial charge in [-0.25, -0.2) is 4.79 Å². The number of hydrogen-bond acceptors (Lipinski definition) is 3. The van der Waals surface area contributed by atoms with Crippen molar-refractivity contribution >= 4 is 17.6 Å². The molecule has 0 saturated heterocycles. The van der Waals surface area contributed by atoms with Gasteiger partial charge in [-0.2, -0.15) is 0 Å². The SMILES string of the molecule is CCC[C@H](NC(=O)c1ccc(N(C)C)cc1)C(=O)O. The van der Waals surface area contributed by atoms with E-state index in [1.807, 2.05) is 38.1 Å². The van der Waals surface area contributed by atoms with Crippen LogP contribution in [0.15, 0.2) is 24.3 Å². The van der Waals surface area contributed by atoms with Crippen LogP contribution in [0.2, 0.25) is 0 Å². The fourth-order valence-electron chi connectivity index (χ4n) is 1.70. The minimum atomic E-state index is -1.000. The average Bonchev–Trinajstić information content (AvgIpc) is 2.38. The smallest absolute Gasteiger partial charge is 0.326 e. The highest BCUT2D eigenvalue weighted by Gasteiger charge is 2.19. The van der Waals surface area contributed by atoms with Crippen LogP contribution < -0.4 is 10.2 Å². The maximum Gasteiger partial charge on any atom is 0.326 e. The van der Waals surface area contributed by atoms with E-state index >= 15 is 0 Å². The number of nitrogens with zero attached hydrogens (tertiary/aromatic N) is 1. The monoisotopic (exact) mass is 264 g/mol. The minimum absolute atomic E-state index is 0.355. The normalized spacial score (nSPS) is 11.7. The van der Waals surface area contributed by atoms with Crippen molar-refractivity contribution in [1.29, 1.82) is 0 Å². The van der Waals surface area contributed by atoms with Gasteiger partial charge in [-0.1, -0.05) is 13.3 Å². The van der Waals surface area contributed by atoms with E-state index in [2.05, 4.69) is 5.32 Å². The first-order chi connectivity index (χ1) is 8.95. The second-order valence-corrected chi connectivity index (χ2v) is 4.59. The molecule has 0 aliphatic rings. The molecule has 0 aliphatic heterocycles. The molecule has 0 aliphatic carbocycles. The van der Waals surface area contributed by atoms with Crippen LogP contribution in [-0.2, 0) is 4.79 Å². The maximum atomic E-state index is 11.9. The Kier molecular flexibility index (Phi) is 5.36. The summed E-state index contributed by atoms with van der Waals surface area (Å²) in [5, 5.41) is 11.5. The van der Waals surface area contributed by atoms with Crippen LogP contribution in [-0.4, -0.2) is 37.1 Å². The molecule has 1 rings (SSSR count). The fraction of sp³-hybridized carbons (Fsp3) is 0.429. The van der Waals surface area contributed by atoms with E-state index in [1.54, 1.807) is 12.1 Å². The Hall–Kier alpha value is -2.04. The molecule has 1 aromatic carbocycles. The molecule has 0 spiro atoms. The number of carbonyl (C=O) groups is 2. The third-order valence-corrected chi connectivity index (χ3v) is 2.83. The molecular formula is C14H20N2O3. The van der Waals surface area contributed by atoms with Gasteiger partial charge in [0.25, 0.3) is 5.91 Å². The van der Waals surface area contributed by atoms with Gasteiger partial charge in [-0.3, -0.25) is 4.79 Å². The highest BCUT2D eigenvalue weighted by molar-refractivity contribution is 5.96. The van der Waals surface area contributed by atoms with Crippen molar-refractivity contribution in [2.45, 2.75) is 25.8 Å². The summed E-state index contributed by atoms with van der Waals surface area (Å²) in [4.78, 5) is 24.8. The van der Waals surface area contributed by atoms with Crippen LogP contribution in [0.5, 0.6) is 0 Å². The molecule has 0 unspecified atom stereocenters. The van der Waals surface area contributed by atoms with Crippen molar-refractivity contribution in [1.82, 2.24) is 5.32 Å². The Morgan fingerprint density at radius 1 is 1.26 bits per heavy atom. The van der Waals surface area contributed by atoms with Gasteiger partial charge in [0.2, 0.25) is 0 Å². The van der Waals surface area contributed by atoms with E-state index in [4.69, 9.17) is 5.11 Å². The van der Waals surface area contributed by atoms with Gasteiger partial charge in [-0.05, 0) is 30.7 Å². The van der Waals surface area contributed by atoms with Gasteiger partial charge < -0.3 is 15.3 Å². The summed E-state index contributed by atoms with van der Waals surface area (Å²) >= 11 is 0. The molecule has 0 bridgehead atoms. The third kappa shape index (κ3) is 4.28. The zero-order chi connectivity index (χ0) is 14.4. The summed E-state index contributed by atoms with van der Waals surface area (Å²) in [6, 6.07) is 6.20. The predicted octanol–water partition coefficient (Wildman–Crippen LogP) is 1.74. The largest absolute Gasteiger partial charge is 0.480 e. The molecule has 0 radical (unpaired) electrons. The molecule has 5 heteroatoms. The number of carboxylic acids is 1. The number of aliphatic carboxylic acids is 1. The summed E-state index contributed by atoms with van der Waals surface area (Å²) in [5.74, 6) is -1.36. The van der Waals surface area contributed by atoms with Crippen molar-refractivity contribution < 1.29 is 14.7 Å². The first kappa shape index (κ1) is 15.0. The second-order valence-electron chi connectivity index (χ2n) is 4.59. The molecule has 1 atom stereocenters. The van der Waals surface area contributed by atoms with Crippen LogP contribution >= 0.6 is 0 Å². The van der Waals surface area contributed by atoms with E-state index in [1.165, 1.54) is 0 Å². The molecular weight excluding hydrogens is 244 g/mol. The lowest BCUT2D eigenvalue weighted by atomic mass is 10.1. The van der Waals surface area contributed by atoms with Gasteiger partial charge in [0, 0.05) is 25.3 Å². The fourth-order valence-corrected chi connectivity index (χ4v) is 1.70. The van der Waals surface area contributed by atoms with Crippen molar-refractivity contribution in [2.75, 3.05) is 19.0 Å². The van der Waals surface area contributed by atoms with E-state index in [9.17, 15) is 9.59 Å². The Bertz CT molecular complexity index is 441. The first-order valence-corrected chi connectivity index (χ1v) is 6.26. The van der Waals surface area contributed by atoms with Crippen LogP contribution in [0.1, 0.15) is 30.1 Å². The number of anilines is 1. The third-order valence-electron chi connectivity index (χ3n) is 2.83. The Morgan fingerprint density at radius 3 is 2.26 bits per heavy atom. The molecule has 0 fully saturated rings. The van der Waals surface area contributed by atoms with Crippen molar-refractivity contribution in [3.8, 4) is 0 Å². The van der Waals surface area contributed by atoms with Crippen LogP contribution in [0.25, 0.3) is 0 Å². The number of carboxylic acid groups (broad SMARTS) is 1. The summed E-state index contributed by atoms with van der Waals surface area (Å²) in [6.45, 7) is 1.88. The molecule has 104 valence electrons. The molecule has 19 heavy (non-hydrogen) atoms. The van der Waals surface area contributed by atoms with Crippen LogP contribution in [0.4, 0.5) is 5.69 Å². The number of benzene rings is 1. The number of hydrogen-bond donors (Lipinski definition) is 2. The van der Waals surface area contributed by atoms with Gasteiger partial charge in [0.1, 0.15) is 6.04 Å². The molecule has 5 nitrogen and oxygen atoms in total. The zero-order valence-corrected chi connectivity index (χ0v) is 11.5. The van der Waals surface area contributed by atoms with Gasteiger partial charge in [0.05, 0.1) is 0 Å². The molecule has 1 aromatic rings. The lowest BCUT2D eigenvalue weighted by Gasteiger charge is -2.15. The number of amides is 1. The van der Waals surface area contributed by atoms with Gasteiger partial charge in [-0.15, -0.1) is 0 Å². The second kappa shape index (κ2) is 6.78. The number of carbonyl (C=O) groups excluding carboxylic acids is 1. The molecule has 2 N–H and O–H groups in total. The standard InChI is InChI=1S/C14H20N2O3/c1-4-5-12(14(18)19)15-13(17)10-6-8-11(9-7-10)16(2)3/h6-9,12H,4-5H2,1-3H3,(H,15,17)(H,18,19)/t12-/m0/s1. The summed E-state index contributed by atoms with van der Waals surface area (Å²) < 4.78 is 0. The van der Waals surface area contributed by atoms with Crippen molar-refractivity contribution in [2.24, 2.45) is 0 Å². The average molecular weight is 264 g/mol. The molecule has 0 saturated carbocycles. The molecule has 0 heterocycles. The van der Waals surface area contributed by atoms with E-state index in [0.717, 1.165) is 5.69 Å². The lowest BCUT2D eigenvalue weighted by molar-refractivity contribution is -0.139. The van der Waals surface area contributed by atoms with Gasteiger partial charge >= 0.3 is 5.97 Å². The quantitative estimate of drug-likeness (QED) is 0.821. The first-order valence-electron chi connectivity index (χ1n) is 6.26. The molecule has 1 amide bonds. The number of nitrogens with one attached hydrogen (secondary N) is 1. The van der Waals surface area contributed by atoms with Gasteiger partial charge in [0.15, 0.2) is 0 Å². The summed E-state index contributed by atoms with van der Waals surface area (Å²) in [6.07, 6.45) is 1.13. The zero-order valence-electron chi connectivity index (χ0n) is 11.5. The Labute approximate surface area is 113 Å². The van der Waals surface area contributed by atoms with E-state index < -0.39 is 12.0 Å². The number of rotatable bonds is 6. The highest BCUT2D eigenvalue weighted by atomic mass is 16.4. The molecule has 0 aromatic heterocycles. The van der Waals surface area contributed by atoms with E-state index in [-0.39, 0.29) is 5.91 Å². The lowest BCUT2D eigenvalue weighted by Crippen LogP contribution is -2.40. The minimum Gasteiger partial charge on any atom is -0.480 e. The van der Waals surface area contributed by atoms with Crippen LogP contribution in [0.3, 0.4) is 0 Å². The topological polar surface area (TPSA) is 69.6 Å². The van der Waals surface area contributed by atoms with Crippen molar-refractivity contribution in [3.05, 3.63) is 29.8 Å². The highest BCUT2D eigenvalue weighted by Crippen LogP contribution is 2.12. The maximum absolute atomic E-state index is 11.9. The van der Waals surface area contributed by atoms with E-state index in [0.29, 0.717) is 18.4 Å². The summed E-state index contributed by atoms with van der Waals surface area (Å²) in [7, 11) is 3.83. The Morgan fingerprint density at radius 2 is 1.84 bits per heavy atom.